The Hall–Kier alpha value is -3.19. The number of carbonyl (C=O) groups excluding carboxylic acids is 2. The van der Waals surface area contributed by atoms with E-state index in [4.69, 9.17) is 18.9 Å². The molecule has 11 heteroatoms. The molecule has 1 unspecified atom stereocenters. The first-order valence-electron chi connectivity index (χ1n) is 18.0. The van der Waals surface area contributed by atoms with Crippen molar-refractivity contribution >= 4 is 23.6 Å². The number of ether oxygens (including phenoxy) is 4. The largest absolute Gasteiger partial charge is 0.454 e. The fraction of sp³-hybridized carbons (Fsp3) is 0.615. The van der Waals surface area contributed by atoms with Gasteiger partial charge in [0, 0.05) is 87.9 Å². The van der Waals surface area contributed by atoms with Crippen LogP contribution >= 0.6 is 0 Å². The molecule has 3 N–H and O–H groups in total. The van der Waals surface area contributed by atoms with Crippen LogP contribution in [0.5, 0.6) is 0 Å². The Kier molecular flexibility index (Phi) is 8.09. The Balaban J connectivity index is 1.16. The molecule has 1 aliphatic heterocycles. The van der Waals surface area contributed by atoms with Crippen molar-refractivity contribution in [3.05, 3.63) is 65.5 Å². The highest BCUT2D eigenvalue weighted by Crippen LogP contribution is 2.79. The Labute approximate surface area is 293 Å². The first-order valence-corrected chi connectivity index (χ1v) is 18.0. The highest BCUT2D eigenvalue weighted by molar-refractivity contribution is 6.06. The molecule has 5 saturated carbocycles. The molecule has 6 fully saturated rings. The topological polar surface area (TPSA) is 140 Å². The van der Waals surface area contributed by atoms with Crippen LogP contribution < -0.4 is 5.32 Å². The van der Waals surface area contributed by atoms with Crippen LogP contribution in [0.4, 0.5) is 5.69 Å². The molecule has 2 heterocycles. The minimum Gasteiger partial charge on any atom is -0.454 e. The second-order valence-corrected chi connectivity index (χ2v) is 15.6. The number of benzene rings is 1. The van der Waals surface area contributed by atoms with E-state index in [1.54, 1.807) is 64.1 Å². The molecule has 1 saturated heterocycles. The fourth-order valence-corrected chi connectivity index (χ4v) is 12.4. The Morgan fingerprint density at radius 1 is 1.08 bits per heavy atom. The van der Waals surface area contributed by atoms with Crippen molar-refractivity contribution in [3.63, 3.8) is 0 Å². The molecule has 11 nitrogen and oxygen atoms in total. The molecule has 7 bridgehead atoms. The zero-order valence-corrected chi connectivity index (χ0v) is 29.5. The zero-order valence-electron chi connectivity index (χ0n) is 29.5. The van der Waals surface area contributed by atoms with Crippen LogP contribution in [-0.2, 0) is 23.7 Å². The highest BCUT2D eigenvalue weighted by Gasteiger charge is 2.89. The normalized spacial score (nSPS) is 42.5. The number of fused-ring (bicyclic) bond motifs is 2. The van der Waals surface area contributed by atoms with Crippen LogP contribution in [0.15, 0.2) is 48.8 Å². The van der Waals surface area contributed by atoms with Gasteiger partial charge in [-0.15, -0.1) is 0 Å². The number of pyridine rings is 1. The SMILES string of the molecule is CCN1C[C@]2(OC(=O)c3ccccc3NC(=O)/C=C/c3cncc(C)c3)CC[C@H](OC)[C@]34C1[C@@H](C[C@H]23)[C@@]1(O)C[C@H](OC)[C@H]2C[C@@H]4[C@]1(O)[C@H]2OC. The van der Waals surface area contributed by atoms with E-state index in [0.29, 0.717) is 50.9 Å². The van der Waals surface area contributed by atoms with Gasteiger partial charge in [-0.1, -0.05) is 19.1 Å². The number of amides is 1. The molecule has 12 atom stereocenters. The second-order valence-electron chi connectivity index (χ2n) is 15.6. The molecule has 0 radical (unpaired) electrons. The third kappa shape index (κ3) is 4.34. The van der Waals surface area contributed by atoms with Gasteiger partial charge < -0.3 is 34.5 Å². The van der Waals surface area contributed by atoms with Crippen LogP contribution in [0, 0.1) is 36.0 Å². The molecule has 50 heavy (non-hydrogen) atoms. The van der Waals surface area contributed by atoms with Gasteiger partial charge in [0.15, 0.2) is 0 Å². The number of likely N-dealkylation sites (tertiary alicyclic amines) is 1. The van der Waals surface area contributed by atoms with Crippen molar-refractivity contribution in [1.82, 2.24) is 9.88 Å². The van der Waals surface area contributed by atoms with Crippen LogP contribution in [0.25, 0.3) is 6.08 Å². The summed E-state index contributed by atoms with van der Waals surface area (Å²) in [5.74, 6) is -1.80. The summed E-state index contributed by atoms with van der Waals surface area (Å²) in [4.78, 5) is 34.0. The van der Waals surface area contributed by atoms with E-state index < -0.39 is 34.3 Å². The number of nitrogens with one attached hydrogen (secondary N) is 1. The molecule has 1 spiro atoms. The molecular weight excluding hydrogens is 638 g/mol. The van der Waals surface area contributed by atoms with Crippen LogP contribution in [0.2, 0.25) is 0 Å². The number of methoxy groups -OCH3 is 3. The maximum atomic E-state index is 14.4. The average molecular weight is 688 g/mol. The van der Waals surface area contributed by atoms with Crippen molar-refractivity contribution in [2.45, 2.75) is 87.1 Å². The van der Waals surface area contributed by atoms with E-state index in [1.807, 2.05) is 13.0 Å². The number of para-hydroxylation sites is 1. The van der Waals surface area contributed by atoms with Crippen LogP contribution in [0.1, 0.15) is 60.5 Å². The minimum absolute atomic E-state index is 0.0707. The van der Waals surface area contributed by atoms with Crippen LogP contribution in [-0.4, -0.2) is 108 Å². The van der Waals surface area contributed by atoms with E-state index in [9.17, 15) is 19.8 Å². The number of rotatable bonds is 9. The summed E-state index contributed by atoms with van der Waals surface area (Å²) in [6.45, 7) is 5.26. The second kappa shape index (κ2) is 11.9. The lowest BCUT2D eigenvalue weighted by Gasteiger charge is -2.70. The van der Waals surface area contributed by atoms with Gasteiger partial charge in [0.2, 0.25) is 5.91 Å². The lowest BCUT2D eigenvalue weighted by Crippen LogP contribution is -2.83. The highest BCUT2D eigenvalue weighted by atomic mass is 16.6. The predicted octanol–water partition coefficient (Wildman–Crippen LogP) is 3.62. The van der Waals surface area contributed by atoms with Gasteiger partial charge in [0.25, 0.3) is 0 Å². The van der Waals surface area contributed by atoms with E-state index >= 15 is 0 Å². The Bertz CT molecular complexity index is 1720. The number of aryl methyl sites for hydroxylation is 1. The van der Waals surface area contributed by atoms with Gasteiger partial charge in [-0.3, -0.25) is 14.7 Å². The number of esters is 1. The Morgan fingerprint density at radius 2 is 1.88 bits per heavy atom. The van der Waals surface area contributed by atoms with Crippen molar-refractivity contribution in [3.8, 4) is 0 Å². The number of aromatic nitrogens is 1. The summed E-state index contributed by atoms with van der Waals surface area (Å²) < 4.78 is 25.3. The first-order chi connectivity index (χ1) is 24.0. The van der Waals surface area contributed by atoms with Gasteiger partial charge in [0.1, 0.15) is 16.8 Å². The standard InChI is InChI=1S/C39H49N3O8/c1-6-42-21-36(50-35(44)24-9-7-8-10-27(24)41-32(43)12-11-23-15-22(2)19-40-20-23)14-13-31(48-4)38-29(36)17-26(33(38)42)37(45)18-28(47-3)25-16-30(38)39(37,46)34(25)49-5/h7-12,15,19-20,25-26,28-31,33-34,45-46H,6,13-14,16-18,21H2,1-5H3,(H,41,43)/b12-11+/t25-,26-,28+,29-,30+,31+,33?,34+,36-,37+,38+,39+/m1/s1. The number of anilines is 1. The molecule has 1 aromatic heterocycles. The third-order valence-corrected chi connectivity index (χ3v) is 13.9. The number of likely N-dealkylation sites (N-methyl/N-ethyl adjacent to an activating group) is 1. The number of piperidine rings is 1. The summed E-state index contributed by atoms with van der Waals surface area (Å²) >= 11 is 0. The molecule has 1 aromatic carbocycles. The summed E-state index contributed by atoms with van der Waals surface area (Å²) in [6, 6.07) is 8.79. The lowest BCUT2D eigenvalue weighted by atomic mass is 9.44. The van der Waals surface area contributed by atoms with Gasteiger partial charge in [-0.05, 0) is 74.6 Å². The number of aliphatic hydroxyl groups is 2. The number of hydrogen-bond donors (Lipinski definition) is 3. The maximum Gasteiger partial charge on any atom is 0.340 e. The number of hydrogen-bond acceptors (Lipinski definition) is 10. The number of nitrogens with zero attached hydrogens (tertiary/aromatic N) is 2. The fourth-order valence-electron chi connectivity index (χ4n) is 12.4. The maximum absolute atomic E-state index is 14.4. The smallest absolute Gasteiger partial charge is 0.340 e. The summed E-state index contributed by atoms with van der Waals surface area (Å²) in [6.07, 6.45) is 8.27. The van der Waals surface area contributed by atoms with Crippen molar-refractivity contribution in [2.24, 2.45) is 29.1 Å². The average Bonchev–Trinajstić information content (AvgIpc) is 3.53. The minimum atomic E-state index is -1.50. The van der Waals surface area contributed by atoms with Crippen LogP contribution in [0.3, 0.4) is 0 Å². The van der Waals surface area contributed by atoms with Crippen molar-refractivity contribution in [2.75, 3.05) is 39.7 Å². The van der Waals surface area contributed by atoms with Crippen molar-refractivity contribution < 1.29 is 38.7 Å². The summed E-state index contributed by atoms with van der Waals surface area (Å²) in [7, 11) is 5.05. The molecule has 268 valence electrons. The number of carbonyl (C=O) groups is 2. The van der Waals surface area contributed by atoms with E-state index in [0.717, 1.165) is 11.1 Å². The van der Waals surface area contributed by atoms with Gasteiger partial charge in [0.05, 0.1) is 29.6 Å². The van der Waals surface area contributed by atoms with Gasteiger partial charge >= 0.3 is 5.97 Å². The van der Waals surface area contributed by atoms with Crippen molar-refractivity contribution in [1.29, 1.82) is 0 Å². The summed E-state index contributed by atoms with van der Waals surface area (Å²) in [5, 5.41) is 28.8. The van der Waals surface area contributed by atoms with E-state index in [2.05, 4.69) is 22.1 Å². The molecule has 8 rings (SSSR count). The molecule has 6 aliphatic rings. The molecule has 2 aromatic rings. The van der Waals surface area contributed by atoms with E-state index in [-0.39, 0.29) is 53.4 Å². The lowest BCUT2D eigenvalue weighted by molar-refractivity contribution is -0.337. The van der Waals surface area contributed by atoms with Gasteiger partial charge in [-0.2, -0.15) is 0 Å². The quantitative estimate of drug-likeness (QED) is 0.265. The predicted molar refractivity (Wildman–Crippen MR) is 184 cm³/mol. The molecule has 1 amide bonds. The first kappa shape index (κ1) is 33.9. The summed E-state index contributed by atoms with van der Waals surface area (Å²) in [5.41, 5.74) is -2.03. The monoisotopic (exact) mass is 687 g/mol. The van der Waals surface area contributed by atoms with Gasteiger partial charge in [-0.25, -0.2) is 4.79 Å². The Morgan fingerprint density at radius 3 is 2.60 bits per heavy atom. The molecular formula is C39H49N3O8. The zero-order chi connectivity index (χ0) is 35.2. The molecule has 5 aliphatic carbocycles. The third-order valence-electron chi connectivity index (χ3n) is 13.9. The van der Waals surface area contributed by atoms with E-state index in [1.165, 1.54) is 6.08 Å².